The minimum Gasteiger partial charge on any atom is -0.302 e. The maximum Gasteiger partial charge on any atom is 0.223 e. The number of anilines is 1. The number of carbonyl (C=O) groups excluding carboxylic acids is 1. The topological polar surface area (TPSA) is 71.0 Å². The summed E-state index contributed by atoms with van der Waals surface area (Å²) in [6.45, 7) is 6.00. The molecule has 1 aliphatic rings. The van der Waals surface area contributed by atoms with E-state index in [0.717, 1.165) is 49.6 Å². The summed E-state index contributed by atoms with van der Waals surface area (Å²) < 4.78 is 13.3. The first-order chi connectivity index (χ1) is 12.0. The average molecular weight is 363 g/mol. The summed E-state index contributed by atoms with van der Waals surface area (Å²) in [5.74, 6) is 0.737. The van der Waals surface area contributed by atoms with Crippen LogP contribution in [-0.4, -0.2) is 38.8 Å². The molecule has 0 radical (unpaired) electrons. The van der Waals surface area contributed by atoms with Gasteiger partial charge in [0.15, 0.2) is 10.9 Å². The number of aromatic nitrogens is 3. The summed E-state index contributed by atoms with van der Waals surface area (Å²) >= 11 is 1.51. The summed E-state index contributed by atoms with van der Waals surface area (Å²) in [6.07, 6.45) is 6.13. The Kier molecular flexibility index (Phi) is 5.70. The fourth-order valence-electron chi connectivity index (χ4n) is 3.13. The number of hydrogen-bond donors (Lipinski definition) is 1. The third kappa shape index (κ3) is 5.02. The molecule has 0 saturated carbocycles. The number of rotatable bonds is 5. The summed E-state index contributed by atoms with van der Waals surface area (Å²) in [7, 11) is 0. The van der Waals surface area contributed by atoms with E-state index in [0.29, 0.717) is 16.7 Å². The van der Waals surface area contributed by atoms with Crippen molar-refractivity contribution < 1.29 is 9.18 Å². The normalized spacial score (nSPS) is 18.3. The largest absolute Gasteiger partial charge is 0.302 e. The van der Waals surface area contributed by atoms with Crippen molar-refractivity contribution in [3.05, 3.63) is 34.6 Å². The van der Waals surface area contributed by atoms with Crippen LogP contribution in [0.4, 0.5) is 9.52 Å². The lowest BCUT2D eigenvalue weighted by molar-refractivity contribution is -0.114. The van der Waals surface area contributed by atoms with E-state index < -0.39 is 0 Å². The summed E-state index contributed by atoms with van der Waals surface area (Å²) in [5, 5.41) is 3.36. The molecule has 0 aliphatic carbocycles. The Morgan fingerprint density at radius 1 is 1.44 bits per heavy atom. The Morgan fingerprint density at radius 3 is 3.04 bits per heavy atom. The van der Waals surface area contributed by atoms with Gasteiger partial charge in [-0.05, 0) is 32.2 Å². The second-order valence-electron chi connectivity index (χ2n) is 6.48. The van der Waals surface area contributed by atoms with Gasteiger partial charge in [0.2, 0.25) is 5.91 Å². The molecule has 1 amide bonds. The van der Waals surface area contributed by atoms with E-state index in [1.165, 1.54) is 24.5 Å². The highest BCUT2D eigenvalue weighted by Gasteiger charge is 2.22. The second kappa shape index (κ2) is 7.97. The molecule has 134 valence electrons. The lowest BCUT2D eigenvalue weighted by Gasteiger charge is -2.32. The number of halogens is 1. The minimum atomic E-state index is -0.353. The van der Waals surface area contributed by atoms with Crippen LogP contribution in [0.15, 0.2) is 12.4 Å². The molecule has 3 heterocycles. The Morgan fingerprint density at radius 2 is 2.28 bits per heavy atom. The van der Waals surface area contributed by atoms with Gasteiger partial charge in [-0.3, -0.25) is 9.69 Å². The van der Waals surface area contributed by atoms with Crippen molar-refractivity contribution in [3.8, 4) is 0 Å². The highest BCUT2D eigenvalue weighted by Crippen LogP contribution is 2.24. The van der Waals surface area contributed by atoms with E-state index in [9.17, 15) is 9.18 Å². The molecular formula is C17H22FN5OS. The van der Waals surface area contributed by atoms with Crippen molar-refractivity contribution in [1.82, 2.24) is 19.9 Å². The van der Waals surface area contributed by atoms with Crippen LogP contribution in [0.1, 0.15) is 36.2 Å². The van der Waals surface area contributed by atoms with Gasteiger partial charge in [0.1, 0.15) is 5.82 Å². The fourth-order valence-corrected chi connectivity index (χ4v) is 4.03. The molecule has 0 bridgehead atoms. The molecule has 1 unspecified atom stereocenters. The van der Waals surface area contributed by atoms with Gasteiger partial charge in [0.25, 0.3) is 0 Å². The third-order valence-corrected chi connectivity index (χ3v) is 5.16. The number of aryl methyl sites for hydroxylation is 1. The van der Waals surface area contributed by atoms with Gasteiger partial charge in [-0.25, -0.2) is 19.3 Å². The van der Waals surface area contributed by atoms with Gasteiger partial charge in [0.05, 0.1) is 11.9 Å². The van der Waals surface area contributed by atoms with Crippen molar-refractivity contribution in [2.24, 2.45) is 5.92 Å². The third-order valence-electron chi connectivity index (χ3n) is 4.26. The number of carbonyl (C=O) groups is 1. The molecular weight excluding hydrogens is 341 g/mol. The van der Waals surface area contributed by atoms with Crippen LogP contribution in [0.5, 0.6) is 0 Å². The lowest BCUT2D eigenvalue weighted by Crippen LogP contribution is -2.35. The highest BCUT2D eigenvalue weighted by atomic mass is 32.1. The summed E-state index contributed by atoms with van der Waals surface area (Å²) in [5.41, 5.74) is 0.410. The molecule has 1 N–H and O–H groups in total. The van der Waals surface area contributed by atoms with E-state index >= 15 is 0 Å². The zero-order valence-electron chi connectivity index (χ0n) is 14.5. The molecule has 3 rings (SSSR count). The van der Waals surface area contributed by atoms with Crippen LogP contribution in [-0.2, 0) is 17.8 Å². The molecule has 1 aliphatic heterocycles. The molecule has 6 nitrogen and oxygen atoms in total. The molecule has 1 saturated heterocycles. The van der Waals surface area contributed by atoms with Gasteiger partial charge in [0, 0.05) is 37.5 Å². The molecule has 1 fully saturated rings. The van der Waals surface area contributed by atoms with Gasteiger partial charge in [-0.15, -0.1) is 11.3 Å². The van der Waals surface area contributed by atoms with Crippen molar-refractivity contribution in [2.75, 3.05) is 18.4 Å². The van der Waals surface area contributed by atoms with Gasteiger partial charge < -0.3 is 5.32 Å². The first-order valence-electron chi connectivity index (χ1n) is 8.42. The number of likely N-dealkylation sites (tertiary alicyclic amines) is 1. The van der Waals surface area contributed by atoms with Crippen LogP contribution < -0.4 is 5.32 Å². The van der Waals surface area contributed by atoms with Crippen molar-refractivity contribution in [1.29, 1.82) is 0 Å². The molecule has 8 heteroatoms. The SMILES string of the molecule is CC(=O)Nc1ncc(CN2CCCC(Cc3ncc(F)c(C)n3)C2)s1. The molecule has 1 atom stereocenters. The van der Waals surface area contributed by atoms with Crippen molar-refractivity contribution in [2.45, 2.75) is 39.7 Å². The number of thiazole rings is 1. The van der Waals surface area contributed by atoms with E-state index in [-0.39, 0.29) is 11.7 Å². The van der Waals surface area contributed by atoms with Crippen molar-refractivity contribution >= 4 is 22.4 Å². The predicted molar refractivity (Wildman–Crippen MR) is 94.8 cm³/mol. The smallest absolute Gasteiger partial charge is 0.223 e. The van der Waals surface area contributed by atoms with Crippen LogP contribution >= 0.6 is 11.3 Å². The standard InChI is InChI=1S/C17H22FN5OS/c1-11-15(18)8-19-16(21-11)6-13-4-3-5-23(9-13)10-14-7-20-17(25-14)22-12(2)24/h7-8,13H,3-6,9-10H2,1-2H3,(H,20,22,24). The van der Waals surface area contributed by atoms with Gasteiger partial charge in [-0.2, -0.15) is 0 Å². The van der Waals surface area contributed by atoms with E-state index in [4.69, 9.17) is 0 Å². The maximum absolute atomic E-state index is 13.3. The first kappa shape index (κ1) is 17.9. The molecule has 0 spiro atoms. The zero-order valence-corrected chi connectivity index (χ0v) is 15.3. The Labute approximate surface area is 150 Å². The molecule has 25 heavy (non-hydrogen) atoms. The van der Waals surface area contributed by atoms with E-state index in [2.05, 4.69) is 25.2 Å². The number of hydrogen-bond acceptors (Lipinski definition) is 6. The Hall–Kier alpha value is -1.93. The minimum absolute atomic E-state index is 0.103. The summed E-state index contributed by atoms with van der Waals surface area (Å²) in [4.78, 5) is 27.2. The predicted octanol–water partition coefficient (Wildman–Crippen LogP) is 2.79. The second-order valence-corrected chi connectivity index (χ2v) is 7.60. The number of piperidine rings is 1. The molecule has 2 aromatic heterocycles. The van der Waals surface area contributed by atoms with Crippen LogP contribution in [0.2, 0.25) is 0 Å². The molecule has 2 aromatic rings. The van der Waals surface area contributed by atoms with Gasteiger partial charge >= 0.3 is 0 Å². The summed E-state index contributed by atoms with van der Waals surface area (Å²) in [6, 6.07) is 0. The Balaban J connectivity index is 1.56. The van der Waals surface area contributed by atoms with E-state index in [1.54, 1.807) is 6.92 Å². The lowest BCUT2D eigenvalue weighted by atomic mass is 9.94. The van der Waals surface area contributed by atoms with Crippen molar-refractivity contribution in [3.63, 3.8) is 0 Å². The van der Waals surface area contributed by atoms with Crippen LogP contribution in [0, 0.1) is 18.7 Å². The monoisotopic (exact) mass is 363 g/mol. The number of nitrogens with zero attached hydrogens (tertiary/aromatic N) is 4. The zero-order chi connectivity index (χ0) is 17.8. The highest BCUT2D eigenvalue weighted by molar-refractivity contribution is 7.15. The van der Waals surface area contributed by atoms with Crippen LogP contribution in [0.3, 0.4) is 0 Å². The van der Waals surface area contributed by atoms with Crippen LogP contribution in [0.25, 0.3) is 0 Å². The molecule has 0 aromatic carbocycles. The average Bonchev–Trinajstić information content (AvgIpc) is 2.97. The first-order valence-corrected chi connectivity index (χ1v) is 9.24. The van der Waals surface area contributed by atoms with E-state index in [1.807, 2.05) is 6.20 Å². The fraction of sp³-hybridized carbons (Fsp3) is 0.529. The van der Waals surface area contributed by atoms with Gasteiger partial charge in [-0.1, -0.05) is 0 Å². The number of amides is 1. The number of nitrogens with one attached hydrogen (secondary N) is 1. The quantitative estimate of drug-likeness (QED) is 0.884. The maximum atomic E-state index is 13.3. The Bertz CT molecular complexity index is 750.